The van der Waals surface area contributed by atoms with Crippen LogP contribution >= 0.6 is 0 Å². The molecule has 3 aliphatic rings. The van der Waals surface area contributed by atoms with E-state index in [1.165, 1.54) is 12.1 Å². The van der Waals surface area contributed by atoms with Crippen molar-refractivity contribution in [3.8, 4) is 0 Å². The SMILES string of the molecule is O=C1NCC(c2cnc3ccccn23)=C1c1cn2c3c(cc(F)cc13)CN(C(=O)N1CCOCC1)CC2. The van der Waals surface area contributed by atoms with Crippen molar-refractivity contribution >= 4 is 39.6 Å². The molecule has 0 spiro atoms. The molecule has 1 fully saturated rings. The van der Waals surface area contributed by atoms with Gasteiger partial charge in [0.05, 0.1) is 36.2 Å². The van der Waals surface area contributed by atoms with E-state index >= 15 is 4.39 Å². The Morgan fingerprint density at radius 1 is 1.08 bits per heavy atom. The van der Waals surface area contributed by atoms with E-state index in [1.54, 1.807) is 16.0 Å². The Labute approximate surface area is 211 Å². The Hall–Kier alpha value is -4.18. The molecule has 3 amide bonds. The first-order chi connectivity index (χ1) is 18.1. The minimum Gasteiger partial charge on any atom is -0.378 e. The smallest absolute Gasteiger partial charge is 0.320 e. The van der Waals surface area contributed by atoms with Crippen molar-refractivity contribution in [1.29, 1.82) is 0 Å². The van der Waals surface area contributed by atoms with E-state index in [-0.39, 0.29) is 11.9 Å². The monoisotopic (exact) mass is 500 g/mol. The van der Waals surface area contributed by atoms with Crippen LogP contribution in [0.1, 0.15) is 16.8 Å². The number of amides is 3. The van der Waals surface area contributed by atoms with Crippen LogP contribution in [0.5, 0.6) is 0 Å². The lowest BCUT2D eigenvalue weighted by Crippen LogP contribution is -2.48. The Kier molecular flexibility index (Phi) is 5.03. The van der Waals surface area contributed by atoms with Gasteiger partial charge in [-0.15, -0.1) is 0 Å². The van der Waals surface area contributed by atoms with Gasteiger partial charge in [-0.25, -0.2) is 14.2 Å². The number of morpholine rings is 1. The fourth-order valence-corrected chi connectivity index (χ4v) is 5.76. The summed E-state index contributed by atoms with van der Waals surface area (Å²) in [5.74, 6) is -0.579. The van der Waals surface area contributed by atoms with Crippen LogP contribution in [0.4, 0.5) is 9.18 Å². The van der Waals surface area contributed by atoms with Crippen molar-refractivity contribution in [3.63, 3.8) is 0 Å². The van der Waals surface area contributed by atoms with Gasteiger partial charge in [-0.2, -0.15) is 0 Å². The van der Waals surface area contributed by atoms with E-state index < -0.39 is 5.82 Å². The van der Waals surface area contributed by atoms with Crippen molar-refractivity contribution in [2.45, 2.75) is 13.1 Å². The zero-order valence-corrected chi connectivity index (χ0v) is 20.1. The van der Waals surface area contributed by atoms with E-state index in [0.29, 0.717) is 69.0 Å². The van der Waals surface area contributed by atoms with Gasteiger partial charge in [0.1, 0.15) is 11.5 Å². The predicted molar refractivity (Wildman–Crippen MR) is 135 cm³/mol. The molecule has 6 heterocycles. The number of nitrogens with zero attached hydrogens (tertiary/aromatic N) is 5. The molecule has 0 unspecified atom stereocenters. The van der Waals surface area contributed by atoms with Crippen molar-refractivity contribution in [2.24, 2.45) is 0 Å². The van der Waals surface area contributed by atoms with Gasteiger partial charge in [-0.1, -0.05) is 6.07 Å². The number of benzene rings is 1. The van der Waals surface area contributed by atoms with Crippen LogP contribution in [0, 0.1) is 5.82 Å². The third-order valence-electron chi connectivity index (χ3n) is 7.49. The second kappa shape index (κ2) is 8.45. The fourth-order valence-electron chi connectivity index (χ4n) is 5.76. The predicted octanol–water partition coefficient (Wildman–Crippen LogP) is 2.74. The summed E-state index contributed by atoms with van der Waals surface area (Å²) in [6, 6.07) is 8.70. The molecule has 1 aromatic carbocycles. The number of imidazole rings is 1. The summed E-state index contributed by atoms with van der Waals surface area (Å²) in [5.41, 5.74) is 5.27. The van der Waals surface area contributed by atoms with Gasteiger partial charge in [0.2, 0.25) is 0 Å². The molecule has 4 aromatic rings. The number of urea groups is 1. The molecule has 37 heavy (non-hydrogen) atoms. The zero-order chi connectivity index (χ0) is 25.1. The molecule has 7 rings (SSSR count). The molecule has 10 heteroatoms. The number of ether oxygens (including phenoxy) is 1. The standard InChI is InChI=1S/C27H25FN6O3/c28-18-11-17-15-33(27(36)31-7-9-37-10-8-31)6-5-32-16-21(19(12-18)25(17)32)24-20(13-30-26(24)35)22-14-29-23-3-1-2-4-34(22)23/h1-4,11-12,14,16H,5-10,13,15H2,(H,30,35). The average Bonchev–Trinajstić information content (AvgIpc) is 3.57. The molecular weight excluding hydrogens is 475 g/mol. The molecule has 1 N–H and O–H groups in total. The second-order valence-corrected chi connectivity index (χ2v) is 9.61. The lowest BCUT2D eigenvalue weighted by molar-refractivity contribution is -0.114. The topological polar surface area (TPSA) is 84.1 Å². The van der Waals surface area contributed by atoms with E-state index in [1.807, 2.05) is 35.0 Å². The molecule has 9 nitrogen and oxygen atoms in total. The van der Waals surface area contributed by atoms with Crippen LogP contribution in [-0.4, -0.2) is 75.1 Å². The average molecular weight is 501 g/mol. The first-order valence-electron chi connectivity index (χ1n) is 12.5. The largest absolute Gasteiger partial charge is 0.378 e. The summed E-state index contributed by atoms with van der Waals surface area (Å²) in [4.78, 5) is 34.4. The molecule has 1 saturated heterocycles. The summed E-state index contributed by atoms with van der Waals surface area (Å²) in [6.45, 7) is 3.87. The van der Waals surface area contributed by atoms with Crippen LogP contribution in [0.15, 0.2) is 48.9 Å². The third kappa shape index (κ3) is 3.51. The van der Waals surface area contributed by atoms with Crippen molar-refractivity contribution in [1.82, 2.24) is 29.1 Å². The lowest BCUT2D eigenvalue weighted by atomic mass is 9.98. The molecule has 3 aromatic heterocycles. The maximum absolute atomic E-state index is 15.0. The Morgan fingerprint density at radius 3 is 2.81 bits per heavy atom. The Balaban J connectivity index is 1.34. The number of rotatable bonds is 2. The van der Waals surface area contributed by atoms with E-state index in [0.717, 1.165) is 28.0 Å². The molecule has 3 aliphatic heterocycles. The summed E-state index contributed by atoms with van der Waals surface area (Å²) in [6.07, 6.45) is 5.62. The summed E-state index contributed by atoms with van der Waals surface area (Å²) < 4.78 is 24.4. The number of hydrogen-bond acceptors (Lipinski definition) is 4. The maximum atomic E-state index is 15.0. The number of nitrogens with one attached hydrogen (secondary N) is 1. The van der Waals surface area contributed by atoms with Gasteiger partial charge in [0.15, 0.2) is 0 Å². The quantitative estimate of drug-likeness (QED) is 0.459. The van der Waals surface area contributed by atoms with Gasteiger partial charge in [-0.3, -0.25) is 9.20 Å². The second-order valence-electron chi connectivity index (χ2n) is 9.61. The Morgan fingerprint density at radius 2 is 1.95 bits per heavy atom. The van der Waals surface area contributed by atoms with Crippen LogP contribution in [0.3, 0.4) is 0 Å². The van der Waals surface area contributed by atoms with Gasteiger partial charge in [-0.05, 0) is 29.8 Å². The lowest BCUT2D eigenvalue weighted by Gasteiger charge is -2.32. The van der Waals surface area contributed by atoms with Gasteiger partial charge < -0.3 is 24.4 Å². The highest BCUT2D eigenvalue weighted by Gasteiger charge is 2.32. The number of halogens is 1. The van der Waals surface area contributed by atoms with Crippen molar-refractivity contribution in [2.75, 3.05) is 39.4 Å². The minimum absolute atomic E-state index is 0.0561. The highest BCUT2D eigenvalue weighted by atomic mass is 19.1. The van der Waals surface area contributed by atoms with Gasteiger partial charge in [0.25, 0.3) is 5.91 Å². The maximum Gasteiger partial charge on any atom is 0.320 e. The van der Waals surface area contributed by atoms with E-state index in [4.69, 9.17) is 4.74 Å². The molecule has 0 bridgehead atoms. The fraction of sp³-hybridized carbons (Fsp3) is 0.296. The first-order valence-corrected chi connectivity index (χ1v) is 12.5. The molecular formula is C27H25FN6O3. The number of carbonyl (C=O) groups is 2. The first kappa shape index (κ1) is 22.1. The molecule has 0 saturated carbocycles. The summed E-state index contributed by atoms with van der Waals surface area (Å²) in [5, 5.41) is 3.63. The van der Waals surface area contributed by atoms with Crippen LogP contribution in [0.2, 0.25) is 0 Å². The normalized spacial score (nSPS) is 18.1. The molecule has 188 valence electrons. The summed E-state index contributed by atoms with van der Waals surface area (Å²) >= 11 is 0. The number of aromatic nitrogens is 3. The number of fused-ring (bicyclic) bond motifs is 1. The van der Waals surface area contributed by atoms with Crippen LogP contribution in [0.25, 0.3) is 27.7 Å². The highest BCUT2D eigenvalue weighted by molar-refractivity contribution is 6.32. The molecule has 0 atom stereocenters. The van der Waals surface area contributed by atoms with E-state index in [9.17, 15) is 9.59 Å². The Bertz CT molecular complexity index is 1610. The van der Waals surface area contributed by atoms with Crippen molar-refractivity contribution < 1.29 is 18.7 Å². The van der Waals surface area contributed by atoms with Crippen molar-refractivity contribution in [3.05, 3.63) is 71.6 Å². The highest BCUT2D eigenvalue weighted by Crippen LogP contribution is 2.38. The van der Waals surface area contributed by atoms with Crippen LogP contribution < -0.4 is 5.32 Å². The molecule has 0 aliphatic carbocycles. The van der Waals surface area contributed by atoms with Crippen LogP contribution in [-0.2, 0) is 22.6 Å². The van der Waals surface area contributed by atoms with E-state index in [2.05, 4.69) is 14.9 Å². The third-order valence-corrected chi connectivity index (χ3v) is 7.49. The number of hydrogen-bond donors (Lipinski definition) is 1. The number of carbonyl (C=O) groups excluding carboxylic acids is 2. The van der Waals surface area contributed by atoms with Gasteiger partial charge in [0, 0.05) is 68.2 Å². The minimum atomic E-state index is -0.391. The molecule has 0 radical (unpaired) electrons. The van der Waals surface area contributed by atoms with Gasteiger partial charge >= 0.3 is 6.03 Å². The number of pyridine rings is 1. The summed E-state index contributed by atoms with van der Waals surface area (Å²) in [7, 11) is 0. The zero-order valence-electron chi connectivity index (χ0n) is 20.1.